The Labute approximate surface area is 206 Å². The van der Waals surface area contributed by atoms with Gasteiger partial charge < -0.3 is 20.5 Å². The molecule has 7 heteroatoms. The first-order valence-corrected chi connectivity index (χ1v) is 12.6. The van der Waals surface area contributed by atoms with Gasteiger partial charge in [-0.2, -0.15) is 0 Å². The third kappa shape index (κ3) is 6.41. The van der Waals surface area contributed by atoms with Gasteiger partial charge in [-0.15, -0.1) is 0 Å². The summed E-state index contributed by atoms with van der Waals surface area (Å²) >= 11 is 0. The molecular weight excluding hydrogens is 444 g/mol. The molecule has 2 aliphatic carbocycles. The third-order valence-electron chi connectivity index (χ3n) is 7.15. The van der Waals surface area contributed by atoms with Crippen LogP contribution in [0.4, 0.5) is 4.79 Å². The van der Waals surface area contributed by atoms with Crippen LogP contribution in [0.5, 0.6) is 0 Å². The second kappa shape index (κ2) is 11.9. The molecular formula is C28H34N2O5. The normalized spacial score (nSPS) is 16.1. The predicted molar refractivity (Wildman–Crippen MR) is 133 cm³/mol. The molecule has 2 aromatic carbocycles. The lowest BCUT2D eigenvalue weighted by Gasteiger charge is -2.30. The summed E-state index contributed by atoms with van der Waals surface area (Å²) in [6.07, 6.45) is 5.40. The van der Waals surface area contributed by atoms with Gasteiger partial charge in [-0.1, -0.05) is 67.8 Å². The lowest BCUT2D eigenvalue weighted by Crippen LogP contribution is -2.42. The van der Waals surface area contributed by atoms with Crippen LogP contribution in [0.15, 0.2) is 48.5 Å². The molecule has 1 saturated carbocycles. The van der Waals surface area contributed by atoms with E-state index in [2.05, 4.69) is 34.9 Å². The monoisotopic (exact) mass is 478 g/mol. The molecule has 0 spiro atoms. The van der Waals surface area contributed by atoms with Crippen molar-refractivity contribution in [3.05, 3.63) is 59.7 Å². The maximum Gasteiger partial charge on any atom is 0.407 e. The van der Waals surface area contributed by atoms with Crippen LogP contribution in [0, 0.1) is 5.92 Å². The van der Waals surface area contributed by atoms with Crippen LogP contribution in [-0.4, -0.2) is 42.3 Å². The fourth-order valence-electron chi connectivity index (χ4n) is 5.43. The van der Waals surface area contributed by atoms with Crippen molar-refractivity contribution in [3.63, 3.8) is 0 Å². The van der Waals surface area contributed by atoms with Crippen LogP contribution in [-0.2, 0) is 14.3 Å². The number of ether oxygens (including phenoxy) is 1. The molecule has 2 amide bonds. The Balaban J connectivity index is 1.19. The van der Waals surface area contributed by atoms with Crippen LogP contribution in [0.3, 0.4) is 0 Å². The van der Waals surface area contributed by atoms with E-state index in [9.17, 15) is 19.5 Å². The zero-order valence-corrected chi connectivity index (χ0v) is 20.0. The number of nitrogens with one attached hydrogen (secondary N) is 2. The number of rotatable bonds is 10. The van der Waals surface area contributed by atoms with E-state index in [1.807, 2.05) is 24.3 Å². The summed E-state index contributed by atoms with van der Waals surface area (Å²) in [5.41, 5.74) is 4.68. The molecule has 1 fully saturated rings. The van der Waals surface area contributed by atoms with Crippen molar-refractivity contribution in [3.8, 4) is 11.1 Å². The standard InChI is InChI=1S/C28H34N2O5/c31-26(30-25(17-27(32)33)19-9-2-1-3-10-19)15-8-16-29-28(34)35-18-24-22-13-6-4-11-20(22)21-12-5-7-14-23(21)24/h4-7,11-14,19,24-25H,1-3,8-10,15-18H2,(H,29,34)(H,30,31)(H,32,33). The van der Waals surface area contributed by atoms with E-state index in [4.69, 9.17) is 4.74 Å². The first-order valence-electron chi connectivity index (χ1n) is 12.6. The van der Waals surface area contributed by atoms with Gasteiger partial charge in [0, 0.05) is 24.9 Å². The Morgan fingerprint density at radius 3 is 2.20 bits per heavy atom. The van der Waals surface area contributed by atoms with Crippen molar-refractivity contribution in [2.75, 3.05) is 13.2 Å². The van der Waals surface area contributed by atoms with Gasteiger partial charge in [0.25, 0.3) is 0 Å². The number of alkyl carbamates (subject to hydrolysis) is 1. The number of hydrogen-bond acceptors (Lipinski definition) is 4. The van der Waals surface area contributed by atoms with Crippen molar-refractivity contribution in [2.45, 2.75) is 63.3 Å². The predicted octanol–water partition coefficient (Wildman–Crippen LogP) is 4.85. The molecule has 1 unspecified atom stereocenters. The van der Waals surface area contributed by atoms with Crippen molar-refractivity contribution in [1.82, 2.24) is 10.6 Å². The topological polar surface area (TPSA) is 105 Å². The maximum atomic E-state index is 12.4. The zero-order valence-electron chi connectivity index (χ0n) is 20.0. The van der Waals surface area contributed by atoms with E-state index < -0.39 is 12.1 Å². The fraction of sp³-hybridized carbons (Fsp3) is 0.464. The summed E-state index contributed by atoms with van der Waals surface area (Å²) in [6, 6.07) is 16.0. The largest absolute Gasteiger partial charge is 0.481 e. The lowest BCUT2D eigenvalue weighted by atomic mass is 9.82. The van der Waals surface area contributed by atoms with Crippen molar-refractivity contribution < 1.29 is 24.2 Å². The number of hydrogen-bond donors (Lipinski definition) is 3. The zero-order chi connectivity index (χ0) is 24.6. The number of amides is 2. The highest BCUT2D eigenvalue weighted by Gasteiger charge is 2.29. The highest BCUT2D eigenvalue weighted by Crippen LogP contribution is 2.44. The summed E-state index contributed by atoms with van der Waals surface area (Å²) in [5.74, 6) is -0.832. The molecule has 4 rings (SSSR count). The molecule has 0 saturated heterocycles. The second-order valence-electron chi connectivity index (χ2n) is 9.53. The molecule has 0 aliphatic heterocycles. The number of benzene rings is 2. The van der Waals surface area contributed by atoms with Crippen LogP contribution < -0.4 is 10.6 Å². The summed E-state index contributed by atoms with van der Waals surface area (Å²) < 4.78 is 5.52. The second-order valence-corrected chi connectivity index (χ2v) is 9.53. The van der Waals surface area contributed by atoms with Crippen LogP contribution in [0.25, 0.3) is 11.1 Å². The molecule has 2 aliphatic rings. The Morgan fingerprint density at radius 1 is 0.943 bits per heavy atom. The molecule has 7 nitrogen and oxygen atoms in total. The number of carbonyl (C=O) groups excluding carboxylic acids is 2. The Kier molecular flexibility index (Phi) is 8.40. The minimum atomic E-state index is -0.891. The highest BCUT2D eigenvalue weighted by atomic mass is 16.5. The lowest BCUT2D eigenvalue weighted by molar-refractivity contribution is -0.138. The first kappa shape index (κ1) is 24.8. The van der Waals surface area contributed by atoms with Gasteiger partial charge in [-0.05, 0) is 47.4 Å². The van der Waals surface area contributed by atoms with Crippen LogP contribution in [0.1, 0.15) is 68.4 Å². The molecule has 1 atom stereocenters. The van der Waals surface area contributed by atoms with E-state index in [-0.39, 0.29) is 43.2 Å². The molecule has 2 aromatic rings. The van der Waals surface area contributed by atoms with Crippen LogP contribution >= 0.6 is 0 Å². The Bertz CT molecular complexity index is 1000. The minimum Gasteiger partial charge on any atom is -0.481 e. The van der Waals surface area contributed by atoms with E-state index in [0.717, 1.165) is 36.8 Å². The summed E-state index contributed by atoms with van der Waals surface area (Å²) in [5, 5.41) is 14.9. The Hall–Kier alpha value is -3.35. The van der Waals surface area contributed by atoms with Crippen LogP contribution in [0.2, 0.25) is 0 Å². The molecule has 0 bridgehead atoms. The van der Waals surface area contributed by atoms with Gasteiger partial charge in [0.15, 0.2) is 0 Å². The molecule has 0 heterocycles. The van der Waals surface area contributed by atoms with Gasteiger partial charge in [-0.25, -0.2) is 4.79 Å². The minimum absolute atomic E-state index is 0.00452. The number of aliphatic carboxylic acids is 1. The van der Waals surface area contributed by atoms with Gasteiger partial charge in [0.1, 0.15) is 6.61 Å². The summed E-state index contributed by atoms with van der Waals surface area (Å²) in [4.78, 5) is 35.9. The average Bonchev–Trinajstić information content (AvgIpc) is 3.19. The number of carboxylic acid groups (broad SMARTS) is 1. The van der Waals surface area contributed by atoms with Crippen molar-refractivity contribution >= 4 is 18.0 Å². The Morgan fingerprint density at radius 2 is 1.57 bits per heavy atom. The molecule has 186 valence electrons. The quantitative estimate of drug-likeness (QED) is 0.424. The van der Waals surface area contributed by atoms with Crippen molar-refractivity contribution in [2.24, 2.45) is 5.92 Å². The molecule has 3 N–H and O–H groups in total. The maximum absolute atomic E-state index is 12.4. The molecule has 35 heavy (non-hydrogen) atoms. The van der Waals surface area contributed by atoms with E-state index >= 15 is 0 Å². The fourth-order valence-corrected chi connectivity index (χ4v) is 5.43. The highest BCUT2D eigenvalue weighted by molar-refractivity contribution is 5.79. The summed E-state index contributed by atoms with van der Waals surface area (Å²) in [6.45, 7) is 0.565. The van der Waals surface area contributed by atoms with Gasteiger partial charge in [-0.3, -0.25) is 9.59 Å². The van der Waals surface area contributed by atoms with E-state index in [1.165, 1.54) is 17.5 Å². The van der Waals surface area contributed by atoms with Crippen molar-refractivity contribution in [1.29, 1.82) is 0 Å². The smallest absolute Gasteiger partial charge is 0.407 e. The van der Waals surface area contributed by atoms with Gasteiger partial charge >= 0.3 is 12.1 Å². The van der Waals surface area contributed by atoms with E-state index in [1.54, 1.807) is 0 Å². The number of fused-ring (bicyclic) bond motifs is 3. The first-order chi connectivity index (χ1) is 17.0. The molecule has 0 radical (unpaired) electrons. The van der Waals surface area contributed by atoms with E-state index in [0.29, 0.717) is 13.0 Å². The number of carbonyl (C=O) groups is 3. The average molecular weight is 479 g/mol. The van der Waals surface area contributed by atoms with Gasteiger partial charge in [0.05, 0.1) is 6.42 Å². The number of carboxylic acids is 1. The van der Waals surface area contributed by atoms with Gasteiger partial charge in [0.2, 0.25) is 5.91 Å². The SMILES string of the molecule is O=C(O)CC(NC(=O)CCCNC(=O)OCC1c2ccccc2-c2ccccc21)C1CCCCC1. The molecule has 0 aromatic heterocycles. The third-order valence-corrected chi connectivity index (χ3v) is 7.15. The summed E-state index contributed by atoms with van der Waals surface area (Å²) in [7, 11) is 0.